The summed E-state index contributed by atoms with van der Waals surface area (Å²) in [5.74, 6) is 0. The lowest BCUT2D eigenvalue weighted by atomic mass is 10.4. The smallest absolute Gasteiger partial charge is 0.319 e. The molecular weight excluding hydrogens is 172 g/mol. The van der Waals surface area contributed by atoms with Crippen LogP contribution in [0.4, 0.5) is 12.0 Å². The van der Waals surface area contributed by atoms with E-state index in [0.29, 0.717) is 19.0 Å². The predicted octanol–water partition coefficient (Wildman–Crippen LogP) is -0.140. The minimum atomic E-state index is 0.0671. The molecule has 0 radical (unpaired) electrons. The third-order valence-corrected chi connectivity index (χ3v) is 1.67. The molecule has 1 rings (SSSR count). The molecule has 13 heavy (non-hydrogen) atoms. The predicted molar refractivity (Wildman–Crippen MR) is 48.3 cm³/mol. The van der Waals surface area contributed by atoms with Gasteiger partial charge in [0.15, 0.2) is 0 Å². The lowest BCUT2D eigenvalue weighted by Crippen LogP contribution is -2.24. The molecule has 0 aliphatic rings. The Morgan fingerprint density at radius 1 is 1.54 bits per heavy atom. The monoisotopic (exact) mass is 186 g/mol. The molecule has 0 saturated heterocycles. The highest BCUT2D eigenvalue weighted by atomic mass is 16.4. The summed E-state index contributed by atoms with van der Waals surface area (Å²) in [6.07, 6.45) is 0.677. The van der Waals surface area contributed by atoms with E-state index in [2.05, 4.69) is 10.2 Å². The van der Waals surface area contributed by atoms with Gasteiger partial charge >= 0.3 is 12.0 Å². The Morgan fingerprint density at radius 3 is 2.77 bits per heavy atom. The lowest BCUT2D eigenvalue weighted by molar-refractivity contribution is 0.289. The first-order valence-electron chi connectivity index (χ1n) is 4.22. The third kappa shape index (κ3) is 2.59. The molecule has 0 spiro atoms. The fourth-order valence-corrected chi connectivity index (χ4v) is 1.00. The molecule has 74 valence electrons. The van der Waals surface area contributed by atoms with E-state index < -0.39 is 0 Å². The molecule has 0 fully saturated rings. The molecule has 0 aliphatic heterocycles. The maximum atomic E-state index is 8.64. The van der Waals surface area contributed by atoms with Gasteiger partial charge in [0.1, 0.15) is 0 Å². The Hall–Kier alpha value is -1.30. The summed E-state index contributed by atoms with van der Waals surface area (Å²) in [5.41, 5.74) is 5.28. The van der Waals surface area contributed by atoms with Crippen molar-refractivity contribution < 1.29 is 9.52 Å². The van der Waals surface area contributed by atoms with Crippen LogP contribution in [0, 0.1) is 0 Å². The van der Waals surface area contributed by atoms with Gasteiger partial charge in [0.2, 0.25) is 0 Å². The fourth-order valence-electron chi connectivity index (χ4n) is 1.00. The summed E-state index contributed by atoms with van der Waals surface area (Å²) in [5, 5.41) is 15.9. The van der Waals surface area contributed by atoms with Gasteiger partial charge in [0, 0.05) is 19.7 Å². The largest absolute Gasteiger partial charge is 0.396 e. The van der Waals surface area contributed by atoms with Gasteiger partial charge in [-0.3, -0.25) is 0 Å². The minimum Gasteiger partial charge on any atom is -0.396 e. The van der Waals surface area contributed by atoms with Gasteiger partial charge in [-0.2, -0.15) is 0 Å². The quantitative estimate of drug-likeness (QED) is 0.665. The second kappa shape index (κ2) is 4.66. The highest BCUT2D eigenvalue weighted by Gasteiger charge is 2.10. The number of nitrogens with zero attached hydrogens (tertiary/aromatic N) is 3. The van der Waals surface area contributed by atoms with Crippen LogP contribution in [-0.4, -0.2) is 35.0 Å². The maximum Gasteiger partial charge on any atom is 0.319 e. The van der Waals surface area contributed by atoms with Gasteiger partial charge in [0.05, 0.1) is 0 Å². The molecule has 0 aliphatic carbocycles. The van der Waals surface area contributed by atoms with Crippen molar-refractivity contribution in [2.24, 2.45) is 0 Å². The first-order valence-corrected chi connectivity index (χ1v) is 4.22. The molecule has 0 saturated carbocycles. The van der Waals surface area contributed by atoms with Crippen molar-refractivity contribution >= 4 is 12.0 Å². The molecule has 1 aromatic heterocycles. The van der Waals surface area contributed by atoms with Crippen LogP contribution in [0.1, 0.15) is 13.3 Å². The van der Waals surface area contributed by atoms with Gasteiger partial charge in [-0.25, -0.2) is 0 Å². The van der Waals surface area contributed by atoms with Crippen LogP contribution >= 0.6 is 0 Å². The van der Waals surface area contributed by atoms with Gasteiger partial charge in [0.25, 0.3) is 0 Å². The average Bonchev–Trinajstić information content (AvgIpc) is 2.54. The van der Waals surface area contributed by atoms with E-state index in [9.17, 15) is 0 Å². The molecule has 0 amide bonds. The molecule has 3 N–H and O–H groups in total. The van der Waals surface area contributed by atoms with Crippen molar-refractivity contribution in [1.82, 2.24) is 10.2 Å². The van der Waals surface area contributed by atoms with Gasteiger partial charge in [-0.15, -0.1) is 0 Å². The first kappa shape index (κ1) is 9.79. The molecule has 0 bridgehead atoms. The molecule has 0 unspecified atom stereocenters. The van der Waals surface area contributed by atoms with Crippen molar-refractivity contribution in [2.75, 3.05) is 30.3 Å². The molecule has 1 aromatic rings. The van der Waals surface area contributed by atoms with Crippen LogP contribution in [0.15, 0.2) is 4.42 Å². The number of aliphatic hydroxyl groups excluding tert-OH is 1. The topological polar surface area (TPSA) is 88.4 Å². The average molecular weight is 186 g/mol. The van der Waals surface area contributed by atoms with Crippen LogP contribution in [0.2, 0.25) is 0 Å². The number of nitrogen functional groups attached to an aromatic ring is 1. The van der Waals surface area contributed by atoms with Gasteiger partial charge in [-0.1, -0.05) is 10.2 Å². The fraction of sp³-hybridized carbons (Fsp3) is 0.714. The molecule has 0 aromatic carbocycles. The third-order valence-electron chi connectivity index (χ3n) is 1.67. The SMILES string of the molecule is CCN(CCCO)c1nnc(N)o1. The molecule has 6 nitrogen and oxygen atoms in total. The summed E-state index contributed by atoms with van der Waals surface area (Å²) >= 11 is 0. The number of aliphatic hydroxyl groups is 1. The molecular formula is C7H14N4O2. The normalized spacial score (nSPS) is 10.3. The summed E-state index contributed by atoms with van der Waals surface area (Å²) in [6.45, 7) is 3.56. The zero-order chi connectivity index (χ0) is 9.68. The number of aromatic nitrogens is 2. The number of hydrogen-bond donors (Lipinski definition) is 2. The highest BCUT2D eigenvalue weighted by molar-refractivity contribution is 5.26. The highest BCUT2D eigenvalue weighted by Crippen LogP contribution is 2.12. The van der Waals surface area contributed by atoms with E-state index in [0.717, 1.165) is 6.54 Å². The van der Waals surface area contributed by atoms with Crippen molar-refractivity contribution in [3.05, 3.63) is 0 Å². The van der Waals surface area contributed by atoms with E-state index in [-0.39, 0.29) is 12.6 Å². The van der Waals surface area contributed by atoms with Crippen molar-refractivity contribution in [1.29, 1.82) is 0 Å². The number of rotatable bonds is 5. The van der Waals surface area contributed by atoms with Crippen LogP contribution in [0.5, 0.6) is 0 Å². The van der Waals surface area contributed by atoms with Gasteiger partial charge in [-0.05, 0) is 13.3 Å². The van der Waals surface area contributed by atoms with Crippen molar-refractivity contribution in [2.45, 2.75) is 13.3 Å². The van der Waals surface area contributed by atoms with E-state index in [4.69, 9.17) is 15.3 Å². The van der Waals surface area contributed by atoms with Crippen LogP contribution in [0.25, 0.3) is 0 Å². The molecule has 1 heterocycles. The van der Waals surface area contributed by atoms with E-state index >= 15 is 0 Å². The zero-order valence-electron chi connectivity index (χ0n) is 7.60. The zero-order valence-corrected chi connectivity index (χ0v) is 7.60. The summed E-state index contributed by atoms with van der Waals surface area (Å²) in [7, 11) is 0. The van der Waals surface area contributed by atoms with Crippen molar-refractivity contribution in [3.63, 3.8) is 0 Å². The Balaban J connectivity index is 2.56. The van der Waals surface area contributed by atoms with E-state index in [1.54, 1.807) is 0 Å². The second-order valence-corrected chi connectivity index (χ2v) is 2.58. The Kier molecular flexibility index (Phi) is 3.51. The van der Waals surface area contributed by atoms with E-state index in [1.165, 1.54) is 0 Å². The number of nitrogens with two attached hydrogens (primary N) is 1. The van der Waals surface area contributed by atoms with Crippen LogP contribution in [0.3, 0.4) is 0 Å². The number of anilines is 2. The minimum absolute atomic E-state index is 0.0671. The summed E-state index contributed by atoms with van der Waals surface area (Å²) in [6, 6.07) is 0.478. The second-order valence-electron chi connectivity index (χ2n) is 2.58. The lowest BCUT2D eigenvalue weighted by Gasteiger charge is -2.16. The van der Waals surface area contributed by atoms with Crippen molar-refractivity contribution in [3.8, 4) is 0 Å². The molecule has 6 heteroatoms. The van der Waals surface area contributed by atoms with Crippen LogP contribution < -0.4 is 10.6 Å². The maximum absolute atomic E-state index is 8.64. The summed E-state index contributed by atoms with van der Waals surface area (Å²) < 4.78 is 5.03. The van der Waals surface area contributed by atoms with Gasteiger partial charge < -0.3 is 20.2 Å². The van der Waals surface area contributed by atoms with E-state index in [1.807, 2.05) is 11.8 Å². The first-order chi connectivity index (χ1) is 6.27. The molecule has 0 atom stereocenters. The van der Waals surface area contributed by atoms with Crippen LogP contribution in [-0.2, 0) is 0 Å². The summed E-state index contributed by atoms with van der Waals surface area (Å²) in [4.78, 5) is 1.86. The Labute approximate surface area is 76.4 Å². The Bertz CT molecular complexity index is 250. The number of hydrogen-bond acceptors (Lipinski definition) is 6. The standard InChI is InChI=1S/C7H14N4O2/c1-2-11(4-3-5-12)7-10-9-6(8)13-7/h12H,2-5H2,1H3,(H2,8,9). The Morgan fingerprint density at radius 2 is 2.31 bits per heavy atom.